The number of benzene rings is 6. The van der Waals surface area contributed by atoms with Crippen molar-refractivity contribution < 1.29 is 39.5 Å². The number of aryl methyl sites for hydroxylation is 8. The monoisotopic (exact) mass is 804 g/mol. The Hall–Kier alpha value is -7.06. The first-order valence-corrected chi connectivity index (χ1v) is 19.5. The Kier molecular flexibility index (Phi) is 13.7. The second kappa shape index (κ2) is 18.7. The summed E-state index contributed by atoms with van der Waals surface area (Å²) in [6.45, 7) is 22.3. The topological polar surface area (TPSA) is 134 Å². The lowest BCUT2D eigenvalue weighted by molar-refractivity contribution is -0.129. The van der Waals surface area contributed by atoms with Crippen LogP contribution in [0, 0.1) is 55.4 Å². The third-order valence-corrected chi connectivity index (χ3v) is 10.8. The number of carbonyl (C=O) groups is 2. The van der Waals surface area contributed by atoms with Crippen molar-refractivity contribution in [3.8, 4) is 34.5 Å². The van der Waals surface area contributed by atoms with Crippen molar-refractivity contribution >= 4 is 11.9 Å². The Morgan fingerprint density at radius 2 is 0.783 bits per heavy atom. The fourth-order valence-corrected chi connectivity index (χ4v) is 7.39. The number of ether oxygens (including phenoxy) is 2. The number of phenols is 4. The smallest absolute Gasteiger partial charge is 0.335 e. The van der Waals surface area contributed by atoms with E-state index in [1.807, 2.05) is 110 Å². The average molecular weight is 805 g/mol. The van der Waals surface area contributed by atoms with Gasteiger partial charge in [-0.05, 0) is 182 Å². The van der Waals surface area contributed by atoms with E-state index in [4.69, 9.17) is 9.47 Å². The summed E-state index contributed by atoms with van der Waals surface area (Å²) >= 11 is 0. The molecule has 60 heavy (non-hydrogen) atoms. The number of esters is 2. The van der Waals surface area contributed by atoms with Gasteiger partial charge in [0, 0.05) is 24.0 Å². The zero-order valence-electron chi connectivity index (χ0n) is 35.4. The van der Waals surface area contributed by atoms with Gasteiger partial charge in [-0.2, -0.15) is 0 Å². The minimum absolute atomic E-state index is 0.118. The molecule has 308 valence electrons. The van der Waals surface area contributed by atoms with Crippen molar-refractivity contribution in [3.05, 3.63) is 200 Å². The van der Waals surface area contributed by atoms with Gasteiger partial charge in [-0.25, -0.2) is 9.59 Å². The van der Waals surface area contributed by atoms with Crippen molar-refractivity contribution in [3.63, 3.8) is 0 Å². The minimum atomic E-state index is -0.505. The van der Waals surface area contributed by atoms with E-state index in [1.165, 1.54) is 0 Å². The van der Waals surface area contributed by atoms with Crippen LogP contribution in [0.15, 0.2) is 122 Å². The molecule has 0 amide bonds. The van der Waals surface area contributed by atoms with Crippen LogP contribution in [0.1, 0.15) is 89.7 Å². The Morgan fingerprint density at radius 1 is 0.450 bits per heavy atom. The van der Waals surface area contributed by atoms with Crippen molar-refractivity contribution in [2.45, 2.75) is 67.2 Å². The van der Waals surface area contributed by atoms with Crippen molar-refractivity contribution in [2.24, 2.45) is 0 Å². The number of rotatable bonds is 10. The molecule has 6 aromatic carbocycles. The predicted octanol–water partition coefficient (Wildman–Crippen LogP) is 11.2. The maximum atomic E-state index is 11.7. The second-order valence-electron chi connectivity index (χ2n) is 15.2. The summed E-state index contributed by atoms with van der Waals surface area (Å²) in [4.78, 5) is 23.1. The first kappa shape index (κ1) is 44.1. The quantitative estimate of drug-likeness (QED) is 0.0465. The fourth-order valence-electron chi connectivity index (χ4n) is 7.39. The maximum Gasteiger partial charge on any atom is 0.335 e. The van der Waals surface area contributed by atoms with Crippen molar-refractivity contribution in [1.82, 2.24) is 0 Å². The van der Waals surface area contributed by atoms with Gasteiger partial charge in [0.15, 0.2) is 0 Å². The molecule has 0 aliphatic heterocycles. The van der Waals surface area contributed by atoms with Crippen molar-refractivity contribution in [2.75, 3.05) is 0 Å². The second-order valence-corrected chi connectivity index (χ2v) is 15.2. The molecule has 1 unspecified atom stereocenters. The minimum Gasteiger partial charge on any atom is -0.508 e. The van der Waals surface area contributed by atoms with Crippen LogP contribution >= 0.6 is 0 Å². The fraction of sp³-hybridized carbons (Fsp3) is 0.192. The molecule has 6 aromatic rings. The van der Waals surface area contributed by atoms with Crippen LogP contribution in [0.5, 0.6) is 34.5 Å². The van der Waals surface area contributed by atoms with Crippen LogP contribution < -0.4 is 9.47 Å². The van der Waals surface area contributed by atoms with E-state index >= 15 is 0 Å². The van der Waals surface area contributed by atoms with Crippen LogP contribution in [0.2, 0.25) is 0 Å². The molecule has 0 bridgehead atoms. The predicted molar refractivity (Wildman–Crippen MR) is 237 cm³/mol. The Morgan fingerprint density at radius 3 is 1.17 bits per heavy atom. The van der Waals surface area contributed by atoms with E-state index in [1.54, 1.807) is 42.5 Å². The molecule has 0 heterocycles. The number of carbonyl (C=O) groups excluding carboxylic acids is 2. The normalized spacial score (nSPS) is 11.3. The van der Waals surface area contributed by atoms with Gasteiger partial charge in [0.1, 0.15) is 34.5 Å². The molecular formula is C52H52O8. The summed E-state index contributed by atoms with van der Waals surface area (Å²) in [5.74, 6) is 0.709. The van der Waals surface area contributed by atoms with Gasteiger partial charge in [-0.15, -0.1) is 0 Å². The summed E-state index contributed by atoms with van der Waals surface area (Å²) < 4.78 is 10.6. The Bertz CT molecular complexity index is 2450. The number of aromatic hydroxyl groups is 4. The van der Waals surface area contributed by atoms with Crippen LogP contribution in [0.25, 0.3) is 0 Å². The first-order chi connectivity index (χ1) is 28.4. The summed E-state index contributed by atoms with van der Waals surface area (Å²) in [7, 11) is 0. The lowest BCUT2D eigenvalue weighted by Gasteiger charge is -2.24. The molecule has 1 atom stereocenters. The molecule has 0 saturated carbocycles. The van der Waals surface area contributed by atoms with Gasteiger partial charge in [-0.3, -0.25) is 0 Å². The van der Waals surface area contributed by atoms with Gasteiger partial charge in [0.05, 0.1) is 0 Å². The Labute approximate surface area is 352 Å². The molecule has 6 rings (SSSR count). The number of hydrogen-bond acceptors (Lipinski definition) is 8. The van der Waals surface area contributed by atoms with Crippen LogP contribution in [-0.2, 0) is 9.59 Å². The van der Waals surface area contributed by atoms with Gasteiger partial charge in [0.2, 0.25) is 0 Å². The molecule has 0 saturated heterocycles. The summed E-state index contributed by atoms with van der Waals surface area (Å²) in [5, 5.41) is 40.2. The highest BCUT2D eigenvalue weighted by molar-refractivity contribution is 5.84. The average Bonchev–Trinajstić information content (AvgIpc) is 3.20. The van der Waals surface area contributed by atoms with E-state index < -0.39 is 11.9 Å². The number of hydrogen-bond donors (Lipinski definition) is 4. The summed E-state index contributed by atoms with van der Waals surface area (Å²) in [6, 6.07) is 29.8. The largest absolute Gasteiger partial charge is 0.508 e. The third-order valence-electron chi connectivity index (χ3n) is 10.8. The molecular weight excluding hydrogens is 753 g/mol. The van der Waals surface area contributed by atoms with Crippen LogP contribution in [-0.4, -0.2) is 32.4 Å². The molecule has 8 nitrogen and oxygen atoms in total. The van der Waals surface area contributed by atoms with E-state index in [9.17, 15) is 30.0 Å². The van der Waals surface area contributed by atoms with Gasteiger partial charge in [0.25, 0.3) is 0 Å². The van der Waals surface area contributed by atoms with Crippen molar-refractivity contribution in [1.29, 1.82) is 0 Å². The molecule has 0 radical (unpaired) electrons. The maximum absolute atomic E-state index is 11.7. The first-order valence-electron chi connectivity index (χ1n) is 19.5. The zero-order valence-corrected chi connectivity index (χ0v) is 35.4. The highest BCUT2D eigenvalue weighted by Crippen LogP contribution is 2.42. The van der Waals surface area contributed by atoms with Gasteiger partial charge in [-0.1, -0.05) is 61.7 Å². The molecule has 0 spiro atoms. The standard InChI is InChI=1S/2C26H26O4/c1-6-25(29)30-20-9-7-19(8-10-20)26(21-11-17(4)23(27)13-15(21)2)22-12-18(5)24(28)14-16(22)3;1-6-25(29)30-24-14-16(3)22(12-18(24)5)26(19-7-9-20(27)10-8-19)21-11-17(4)23(28)13-15(21)2/h2*6-14,26-28H,1H2,2-5H3. The van der Waals surface area contributed by atoms with Crippen LogP contribution in [0.3, 0.4) is 0 Å². The lowest BCUT2D eigenvalue weighted by atomic mass is 9.80. The highest BCUT2D eigenvalue weighted by atomic mass is 16.5. The molecule has 8 heteroatoms. The van der Waals surface area contributed by atoms with E-state index in [-0.39, 0.29) is 34.8 Å². The lowest BCUT2D eigenvalue weighted by Crippen LogP contribution is -2.10. The molecule has 0 aromatic heterocycles. The molecule has 0 aliphatic rings. The van der Waals surface area contributed by atoms with Crippen LogP contribution in [0.4, 0.5) is 0 Å². The van der Waals surface area contributed by atoms with E-state index in [0.29, 0.717) is 11.5 Å². The van der Waals surface area contributed by atoms with E-state index in [0.717, 1.165) is 90.0 Å². The molecule has 0 aliphatic carbocycles. The summed E-state index contributed by atoms with van der Waals surface area (Å²) in [5.41, 5.74) is 13.4. The highest BCUT2D eigenvalue weighted by Gasteiger charge is 2.25. The number of phenolic OH excluding ortho intramolecular Hbond substituents is 4. The van der Waals surface area contributed by atoms with Gasteiger partial charge >= 0.3 is 11.9 Å². The van der Waals surface area contributed by atoms with E-state index in [2.05, 4.69) is 13.2 Å². The Balaban J connectivity index is 0.000000228. The zero-order chi connectivity index (χ0) is 44.0. The SMILES string of the molecule is C=CC(=O)Oc1cc(C)c(C(c2ccc(O)cc2)c2cc(C)c(O)cc2C)cc1C.C=CC(=O)Oc1ccc(C(c2cc(C)c(O)cc2C)c2cc(C)c(O)cc2C)cc1. The summed E-state index contributed by atoms with van der Waals surface area (Å²) in [6.07, 6.45) is 2.27. The molecule has 4 N–H and O–H groups in total. The van der Waals surface area contributed by atoms with Gasteiger partial charge < -0.3 is 29.9 Å². The molecule has 0 fully saturated rings. The third kappa shape index (κ3) is 9.96.